The van der Waals surface area contributed by atoms with Crippen LogP contribution in [0.15, 0.2) is 54.2 Å². The Labute approximate surface area is 321 Å². The van der Waals surface area contributed by atoms with Gasteiger partial charge in [-0.05, 0) is 122 Å². The van der Waals surface area contributed by atoms with E-state index in [9.17, 15) is 14.4 Å². The molecule has 9 nitrogen and oxygen atoms in total. The molecule has 296 valence electrons. The van der Waals surface area contributed by atoms with E-state index >= 15 is 0 Å². The number of carbonyl (C=O) groups is 3. The molecule has 2 aromatic rings. The van der Waals surface area contributed by atoms with E-state index in [0.717, 1.165) is 88.7 Å². The number of aryl methyl sites for hydroxylation is 2. The number of ketones is 1. The van der Waals surface area contributed by atoms with Crippen molar-refractivity contribution in [2.24, 2.45) is 0 Å². The van der Waals surface area contributed by atoms with Crippen LogP contribution in [0.5, 0.6) is 5.75 Å². The Bertz CT molecular complexity index is 1380. The van der Waals surface area contributed by atoms with Gasteiger partial charge in [0.15, 0.2) is 0 Å². The molecular formula is C44H70N4O5. The Hall–Kier alpha value is -3.53. The lowest BCUT2D eigenvalue weighted by Gasteiger charge is -2.39. The van der Waals surface area contributed by atoms with E-state index in [2.05, 4.69) is 60.0 Å². The molecule has 0 unspecified atom stereocenters. The highest BCUT2D eigenvalue weighted by Crippen LogP contribution is 2.23. The van der Waals surface area contributed by atoms with Crippen LogP contribution in [0.25, 0.3) is 0 Å². The van der Waals surface area contributed by atoms with Gasteiger partial charge in [-0.25, -0.2) is 0 Å². The van der Waals surface area contributed by atoms with Crippen LogP contribution in [-0.4, -0.2) is 97.9 Å². The number of Topliss-reactive ketones (excluding diaryl/α,β-unsaturated/α-hetero) is 1. The van der Waals surface area contributed by atoms with Crippen molar-refractivity contribution < 1.29 is 23.9 Å². The quantitative estimate of drug-likeness (QED) is 0.0986. The third-order valence-corrected chi connectivity index (χ3v) is 9.95. The van der Waals surface area contributed by atoms with Crippen molar-refractivity contribution in [3.63, 3.8) is 0 Å². The topological polar surface area (TPSA) is 91.4 Å². The molecule has 53 heavy (non-hydrogen) atoms. The van der Waals surface area contributed by atoms with E-state index in [1.807, 2.05) is 50.2 Å². The minimum Gasteiger partial charge on any atom is -0.426 e. The van der Waals surface area contributed by atoms with Crippen LogP contribution in [0.3, 0.4) is 0 Å². The van der Waals surface area contributed by atoms with Gasteiger partial charge in [-0.2, -0.15) is 0 Å². The number of nitrogens with zero attached hydrogens (tertiary/aromatic N) is 3. The van der Waals surface area contributed by atoms with E-state index in [-0.39, 0.29) is 11.8 Å². The number of esters is 1. The molecular weight excluding hydrogens is 665 g/mol. The normalized spacial score (nSPS) is 15.3. The van der Waals surface area contributed by atoms with Crippen LogP contribution >= 0.6 is 0 Å². The van der Waals surface area contributed by atoms with Crippen LogP contribution in [0.2, 0.25) is 0 Å². The zero-order valence-corrected chi connectivity index (χ0v) is 34.3. The van der Waals surface area contributed by atoms with Crippen LogP contribution in [-0.2, 0) is 25.5 Å². The Kier molecular flexibility index (Phi) is 22.6. The summed E-state index contributed by atoms with van der Waals surface area (Å²) in [6, 6.07) is 15.1. The fourth-order valence-electron chi connectivity index (χ4n) is 7.12. The van der Waals surface area contributed by atoms with Gasteiger partial charge >= 0.3 is 5.97 Å². The second-order valence-corrected chi connectivity index (χ2v) is 14.4. The third-order valence-electron chi connectivity index (χ3n) is 9.95. The average molecular weight is 735 g/mol. The minimum absolute atomic E-state index is 0.265. The third kappa shape index (κ3) is 17.9. The van der Waals surface area contributed by atoms with E-state index in [1.54, 1.807) is 6.92 Å². The van der Waals surface area contributed by atoms with Crippen molar-refractivity contribution >= 4 is 23.9 Å². The standard InChI is InChI=1S/C23H35N3O2.C11H23NO.C10H12O2/c1-4-7-22(11-10-19(2)28)26-16-13-21(14-17-26)25(3)15-12-20-8-5-6-9-23(20)24-18-27;1-3-7-12(8-4-2)11-5-9-13-10-6-11;1-7-4-5-10(8(2)6-7)12-9(3)11/h5-9,18,21H,4,10-17H2,1-3H3,(H,24,27);11H,3-10H2,1-2H3;4-6H,1-3H3. The number of amides is 1. The zero-order chi connectivity index (χ0) is 39.0. The molecule has 4 rings (SSSR count). The number of benzene rings is 2. The predicted octanol–water partition coefficient (Wildman–Crippen LogP) is 8.37. The van der Waals surface area contributed by atoms with E-state index in [1.165, 1.54) is 62.5 Å². The lowest BCUT2D eigenvalue weighted by Crippen LogP contribution is -2.43. The monoisotopic (exact) mass is 735 g/mol. The first kappa shape index (κ1) is 45.6. The van der Waals surface area contributed by atoms with Crippen molar-refractivity contribution in [2.75, 3.05) is 58.3 Å². The summed E-state index contributed by atoms with van der Waals surface area (Å²) < 4.78 is 10.3. The van der Waals surface area contributed by atoms with Crippen molar-refractivity contribution in [3.05, 3.63) is 70.9 Å². The van der Waals surface area contributed by atoms with Gasteiger partial charge < -0.3 is 34.3 Å². The summed E-state index contributed by atoms with van der Waals surface area (Å²) in [6.07, 6.45) is 13.8. The molecule has 0 aliphatic carbocycles. The first-order valence-corrected chi connectivity index (χ1v) is 20.0. The molecule has 9 heteroatoms. The van der Waals surface area contributed by atoms with Crippen molar-refractivity contribution in [1.82, 2.24) is 14.7 Å². The molecule has 2 aromatic carbocycles. The number of allylic oxidation sites excluding steroid dienone is 2. The Balaban J connectivity index is 0.000000320. The summed E-state index contributed by atoms with van der Waals surface area (Å²) in [7, 11) is 2.20. The molecule has 0 spiro atoms. The predicted molar refractivity (Wildman–Crippen MR) is 219 cm³/mol. The summed E-state index contributed by atoms with van der Waals surface area (Å²) in [6.45, 7) is 21.2. The molecule has 0 aromatic heterocycles. The van der Waals surface area contributed by atoms with Gasteiger partial charge in [-0.1, -0.05) is 62.7 Å². The molecule has 0 bridgehead atoms. The van der Waals surface area contributed by atoms with Gasteiger partial charge in [0.1, 0.15) is 11.5 Å². The van der Waals surface area contributed by atoms with Crippen LogP contribution in [0.1, 0.15) is 109 Å². The summed E-state index contributed by atoms with van der Waals surface area (Å²) in [5.41, 5.74) is 5.58. The van der Waals surface area contributed by atoms with Gasteiger partial charge in [0.2, 0.25) is 6.41 Å². The second-order valence-electron chi connectivity index (χ2n) is 14.4. The lowest BCUT2D eigenvalue weighted by molar-refractivity contribution is -0.132. The molecule has 2 aliphatic heterocycles. The average Bonchev–Trinajstić information content (AvgIpc) is 3.15. The van der Waals surface area contributed by atoms with Crippen molar-refractivity contribution in [1.29, 1.82) is 0 Å². The van der Waals surface area contributed by atoms with Gasteiger partial charge in [-0.15, -0.1) is 0 Å². The number of likely N-dealkylation sites (N-methyl/N-ethyl adjacent to an activating group) is 1. The minimum atomic E-state index is -0.276. The maximum Gasteiger partial charge on any atom is 0.308 e. The largest absolute Gasteiger partial charge is 0.426 e. The summed E-state index contributed by atoms with van der Waals surface area (Å²) in [5, 5.41) is 2.79. The van der Waals surface area contributed by atoms with Gasteiger partial charge in [0, 0.05) is 69.7 Å². The SMILES string of the molecule is CC(=O)Oc1ccc(C)cc1C.CCC=C(CCC(C)=O)N1CCC(N(C)CCc2ccccc2NC=O)CC1.CCCN(CCC)C1CCOCC1. The smallest absolute Gasteiger partial charge is 0.308 e. The Morgan fingerprint density at radius 3 is 2.13 bits per heavy atom. The number of nitrogens with one attached hydrogen (secondary N) is 1. The highest BCUT2D eigenvalue weighted by Gasteiger charge is 2.24. The number of rotatable bonds is 17. The lowest BCUT2D eigenvalue weighted by atomic mass is 10.0. The fourth-order valence-corrected chi connectivity index (χ4v) is 7.12. The van der Waals surface area contributed by atoms with Gasteiger partial charge in [-0.3, -0.25) is 9.59 Å². The number of anilines is 1. The Morgan fingerprint density at radius 1 is 0.906 bits per heavy atom. The van der Waals surface area contributed by atoms with Crippen LogP contribution < -0.4 is 10.1 Å². The summed E-state index contributed by atoms with van der Waals surface area (Å²) >= 11 is 0. The number of hydrogen-bond donors (Lipinski definition) is 1. The molecule has 2 heterocycles. The molecule has 2 aliphatic rings. The van der Waals surface area contributed by atoms with Crippen LogP contribution in [0.4, 0.5) is 5.69 Å². The van der Waals surface area contributed by atoms with Gasteiger partial charge in [0.05, 0.1) is 0 Å². The first-order chi connectivity index (χ1) is 25.5. The molecule has 0 saturated carbocycles. The maximum absolute atomic E-state index is 11.4. The number of para-hydroxylation sites is 1. The number of likely N-dealkylation sites (tertiary alicyclic amines) is 1. The summed E-state index contributed by atoms with van der Waals surface area (Å²) in [4.78, 5) is 40.3. The number of hydrogen-bond acceptors (Lipinski definition) is 8. The zero-order valence-electron chi connectivity index (χ0n) is 34.3. The second kappa shape index (κ2) is 26.3. The van der Waals surface area contributed by atoms with Crippen LogP contribution in [0, 0.1) is 13.8 Å². The summed E-state index contributed by atoms with van der Waals surface area (Å²) in [5.74, 6) is 0.635. The van der Waals surface area contributed by atoms with Crippen molar-refractivity contribution in [2.45, 2.75) is 125 Å². The number of ether oxygens (including phenoxy) is 2. The maximum atomic E-state index is 11.4. The Morgan fingerprint density at radius 2 is 1.57 bits per heavy atom. The molecule has 2 saturated heterocycles. The number of piperidine rings is 1. The highest BCUT2D eigenvalue weighted by molar-refractivity contribution is 5.75. The number of carbonyl (C=O) groups excluding carboxylic acids is 3. The van der Waals surface area contributed by atoms with E-state index in [4.69, 9.17) is 9.47 Å². The first-order valence-electron chi connectivity index (χ1n) is 20.0. The molecule has 0 radical (unpaired) electrons. The molecule has 0 atom stereocenters. The molecule has 1 amide bonds. The highest BCUT2D eigenvalue weighted by atomic mass is 16.5. The van der Waals surface area contributed by atoms with Gasteiger partial charge in [0.25, 0.3) is 0 Å². The molecule has 1 N–H and O–H groups in total. The van der Waals surface area contributed by atoms with E-state index < -0.39 is 0 Å². The fraction of sp³-hybridized carbons (Fsp3) is 0.614. The molecule has 2 fully saturated rings. The van der Waals surface area contributed by atoms with E-state index in [0.29, 0.717) is 18.2 Å². The van der Waals surface area contributed by atoms with Crippen molar-refractivity contribution in [3.8, 4) is 5.75 Å².